The monoisotopic (exact) mass is 357 g/mol. The summed E-state index contributed by atoms with van der Waals surface area (Å²) in [6, 6.07) is 8.00. The van der Waals surface area contributed by atoms with E-state index >= 15 is 0 Å². The zero-order chi connectivity index (χ0) is 18.4. The topological polar surface area (TPSA) is 56.6 Å². The molecule has 1 amide bonds. The van der Waals surface area contributed by atoms with Crippen molar-refractivity contribution in [3.05, 3.63) is 48.0 Å². The molecule has 0 saturated carbocycles. The van der Waals surface area contributed by atoms with Crippen molar-refractivity contribution in [3.8, 4) is 5.75 Å². The number of methoxy groups -OCH3 is 1. The molecular formula is C20H27N3O3. The predicted octanol–water partition coefficient (Wildman–Crippen LogP) is 2.86. The minimum absolute atomic E-state index is 0.138. The number of nitrogens with zero attached hydrogens (tertiary/aromatic N) is 3. The fourth-order valence-electron chi connectivity index (χ4n) is 3.25. The standard InChI is InChI=1S/C20H27N3O3/c1-3-20(24)23(14-18-5-4-12-26-18)15-19-21-10-11-22(19)13-16-6-8-17(25-2)9-7-16/h6-11,18H,3-5,12-15H2,1-2H3/t18-/m1/s1. The van der Waals surface area contributed by atoms with Crippen molar-refractivity contribution in [1.29, 1.82) is 0 Å². The smallest absolute Gasteiger partial charge is 0.222 e. The van der Waals surface area contributed by atoms with Gasteiger partial charge in [0.2, 0.25) is 5.91 Å². The van der Waals surface area contributed by atoms with E-state index in [0.717, 1.165) is 36.6 Å². The van der Waals surface area contributed by atoms with Crippen LogP contribution in [0.5, 0.6) is 5.75 Å². The Bertz CT molecular complexity index is 705. The number of carbonyl (C=O) groups excluding carboxylic acids is 1. The molecule has 6 nitrogen and oxygen atoms in total. The maximum Gasteiger partial charge on any atom is 0.222 e. The van der Waals surface area contributed by atoms with Crippen LogP contribution in [-0.2, 0) is 22.6 Å². The van der Waals surface area contributed by atoms with Gasteiger partial charge in [0.25, 0.3) is 0 Å². The summed E-state index contributed by atoms with van der Waals surface area (Å²) in [5.74, 6) is 1.87. The van der Waals surface area contributed by atoms with Gasteiger partial charge in [-0.2, -0.15) is 0 Å². The van der Waals surface area contributed by atoms with Crippen molar-refractivity contribution in [2.45, 2.75) is 45.4 Å². The molecule has 140 valence electrons. The Balaban J connectivity index is 1.69. The van der Waals surface area contributed by atoms with Crippen LogP contribution in [0.3, 0.4) is 0 Å². The van der Waals surface area contributed by atoms with Gasteiger partial charge in [0, 0.05) is 38.5 Å². The predicted molar refractivity (Wildman–Crippen MR) is 99.0 cm³/mol. The molecule has 0 N–H and O–H groups in total. The van der Waals surface area contributed by atoms with Crippen molar-refractivity contribution in [2.75, 3.05) is 20.3 Å². The quantitative estimate of drug-likeness (QED) is 0.729. The molecule has 1 aliphatic rings. The van der Waals surface area contributed by atoms with Crippen LogP contribution in [0.15, 0.2) is 36.7 Å². The Morgan fingerprint density at radius 3 is 2.85 bits per heavy atom. The van der Waals surface area contributed by atoms with Crippen LogP contribution < -0.4 is 4.74 Å². The second kappa shape index (κ2) is 8.85. The lowest BCUT2D eigenvalue weighted by atomic mass is 10.2. The van der Waals surface area contributed by atoms with Gasteiger partial charge in [0.15, 0.2) is 0 Å². The first kappa shape index (κ1) is 18.5. The van der Waals surface area contributed by atoms with Gasteiger partial charge >= 0.3 is 0 Å². The highest BCUT2D eigenvalue weighted by molar-refractivity contribution is 5.75. The first-order valence-electron chi connectivity index (χ1n) is 9.22. The lowest BCUT2D eigenvalue weighted by Crippen LogP contribution is -2.37. The fraction of sp³-hybridized carbons (Fsp3) is 0.500. The van der Waals surface area contributed by atoms with E-state index in [1.807, 2.05) is 42.3 Å². The van der Waals surface area contributed by atoms with E-state index < -0.39 is 0 Å². The van der Waals surface area contributed by atoms with Gasteiger partial charge in [0.1, 0.15) is 11.6 Å². The molecule has 3 rings (SSSR count). The summed E-state index contributed by atoms with van der Waals surface area (Å²) in [6.45, 7) is 4.56. The zero-order valence-electron chi connectivity index (χ0n) is 15.6. The van der Waals surface area contributed by atoms with Crippen LogP contribution in [-0.4, -0.2) is 46.7 Å². The number of imidazole rings is 1. The molecular weight excluding hydrogens is 330 g/mol. The molecule has 1 aliphatic heterocycles. The highest BCUT2D eigenvalue weighted by Crippen LogP contribution is 2.17. The zero-order valence-corrected chi connectivity index (χ0v) is 15.6. The average molecular weight is 357 g/mol. The Hall–Kier alpha value is -2.34. The number of hydrogen-bond acceptors (Lipinski definition) is 4. The largest absolute Gasteiger partial charge is 0.497 e. The van der Waals surface area contributed by atoms with E-state index in [2.05, 4.69) is 9.55 Å². The average Bonchev–Trinajstić information content (AvgIpc) is 3.33. The van der Waals surface area contributed by atoms with E-state index in [9.17, 15) is 4.79 Å². The molecule has 1 aromatic heterocycles. The summed E-state index contributed by atoms with van der Waals surface area (Å²) in [5, 5.41) is 0. The van der Waals surface area contributed by atoms with Gasteiger partial charge in [0.05, 0.1) is 19.8 Å². The van der Waals surface area contributed by atoms with Gasteiger partial charge in [-0.25, -0.2) is 4.98 Å². The molecule has 0 aliphatic carbocycles. The molecule has 0 bridgehead atoms. The van der Waals surface area contributed by atoms with Gasteiger partial charge in [-0.1, -0.05) is 19.1 Å². The highest BCUT2D eigenvalue weighted by atomic mass is 16.5. The molecule has 1 fully saturated rings. The van der Waals surface area contributed by atoms with Crippen molar-refractivity contribution < 1.29 is 14.3 Å². The molecule has 26 heavy (non-hydrogen) atoms. The van der Waals surface area contributed by atoms with Crippen molar-refractivity contribution in [2.24, 2.45) is 0 Å². The number of ether oxygens (including phenoxy) is 2. The highest BCUT2D eigenvalue weighted by Gasteiger charge is 2.23. The summed E-state index contributed by atoms with van der Waals surface area (Å²) in [4.78, 5) is 18.7. The summed E-state index contributed by atoms with van der Waals surface area (Å²) in [6.07, 6.45) is 6.49. The van der Waals surface area contributed by atoms with Gasteiger partial charge in [-0.15, -0.1) is 0 Å². The van der Waals surface area contributed by atoms with Crippen LogP contribution in [0.25, 0.3) is 0 Å². The second-order valence-corrected chi connectivity index (χ2v) is 6.58. The van der Waals surface area contributed by atoms with Crippen molar-refractivity contribution in [1.82, 2.24) is 14.5 Å². The Morgan fingerprint density at radius 2 is 2.19 bits per heavy atom. The third-order valence-electron chi connectivity index (χ3n) is 4.75. The number of aromatic nitrogens is 2. The van der Waals surface area contributed by atoms with Gasteiger partial charge < -0.3 is 18.9 Å². The first-order valence-corrected chi connectivity index (χ1v) is 9.22. The third-order valence-corrected chi connectivity index (χ3v) is 4.75. The Labute approximate surface area is 154 Å². The van der Waals surface area contributed by atoms with E-state index in [4.69, 9.17) is 9.47 Å². The van der Waals surface area contributed by atoms with Gasteiger partial charge in [-0.3, -0.25) is 4.79 Å². The first-order chi connectivity index (χ1) is 12.7. The molecule has 6 heteroatoms. The lowest BCUT2D eigenvalue weighted by molar-refractivity contribution is -0.133. The van der Waals surface area contributed by atoms with Crippen LogP contribution in [0.1, 0.15) is 37.6 Å². The number of rotatable bonds is 8. The van der Waals surface area contributed by atoms with E-state index in [1.54, 1.807) is 13.3 Å². The molecule has 1 aromatic carbocycles. The molecule has 0 radical (unpaired) electrons. The summed E-state index contributed by atoms with van der Waals surface area (Å²) < 4.78 is 13.0. The Kier molecular flexibility index (Phi) is 6.28. The normalized spacial score (nSPS) is 16.6. The number of carbonyl (C=O) groups is 1. The fourth-order valence-corrected chi connectivity index (χ4v) is 3.25. The lowest BCUT2D eigenvalue weighted by Gasteiger charge is -2.25. The molecule has 0 unspecified atom stereocenters. The number of hydrogen-bond donors (Lipinski definition) is 0. The number of amides is 1. The molecule has 2 aromatic rings. The maximum absolute atomic E-state index is 12.4. The summed E-state index contributed by atoms with van der Waals surface area (Å²) in [7, 11) is 1.66. The van der Waals surface area contributed by atoms with Crippen LogP contribution in [0.4, 0.5) is 0 Å². The van der Waals surface area contributed by atoms with Crippen molar-refractivity contribution in [3.63, 3.8) is 0 Å². The van der Waals surface area contributed by atoms with Crippen molar-refractivity contribution >= 4 is 5.91 Å². The minimum Gasteiger partial charge on any atom is -0.497 e. The van der Waals surface area contributed by atoms with E-state index in [-0.39, 0.29) is 12.0 Å². The summed E-state index contributed by atoms with van der Waals surface area (Å²) in [5.41, 5.74) is 1.16. The minimum atomic E-state index is 0.138. The SMILES string of the molecule is CCC(=O)N(Cc1nccn1Cc1ccc(OC)cc1)C[C@H]1CCCO1. The third kappa shape index (κ3) is 4.64. The molecule has 2 heterocycles. The summed E-state index contributed by atoms with van der Waals surface area (Å²) >= 11 is 0. The molecule has 1 atom stereocenters. The van der Waals surface area contributed by atoms with Crippen LogP contribution in [0.2, 0.25) is 0 Å². The van der Waals surface area contributed by atoms with Crippen LogP contribution >= 0.6 is 0 Å². The molecule has 0 spiro atoms. The molecule has 1 saturated heterocycles. The Morgan fingerprint density at radius 1 is 1.38 bits per heavy atom. The second-order valence-electron chi connectivity index (χ2n) is 6.58. The van der Waals surface area contributed by atoms with Gasteiger partial charge in [-0.05, 0) is 30.5 Å². The van der Waals surface area contributed by atoms with E-state index in [0.29, 0.717) is 26.1 Å². The maximum atomic E-state index is 12.4. The van der Waals surface area contributed by atoms with Crippen LogP contribution in [0, 0.1) is 0 Å². The number of benzene rings is 1. The van der Waals surface area contributed by atoms with E-state index in [1.165, 1.54) is 0 Å².